The molecule has 1 fully saturated rings. The van der Waals surface area contributed by atoms with Crippen LogP contribution in [0.15, 0.2) is 0 Å². The zero-order valence-electron chi connectivity index (χ0n) is 7.06. The van der Waals surface area contributed by atoms with Crippen LogP contribution in [-0.2, 0) is 16.2 Å². The van der Waals surface area contributed by atoms with Gasteiger partial charge in [-0.3, -0.25) is 19.3 Å². The van der Waals surface area contributed by atoms with Gasteiger partial charge in [-0.2, -0.15) is 5.10 Å². The third-order valence-electron chi connectivity index (χ3n) is 1.95. The van der Waals surface area contributed by atoms with Crippen molar-refractivity contribution in [2.45, 2.75) is 12.6 Å². The molecule has 7 nitrogen and oxygen atoms in total. The van der Waals surface area contributed by atoms with Crippen LogP contribution in [0.4, 0.5) is 0 Å². The molecule has 14 heavy (non-hydrogen) atoms. The average Bonchev–Trinajstić information content (AvgIpc) is 2.72. The normalized spacial score (nSPS) is 21.2. The molecule has 1 aliphatic heterocycles. The van der Waals surface area contributed by atoms with E-state index in [-0.39, 0.29) is 19.1 Å². The summed E-state index contributed by atoms with van der Waals surface area (Å²) < 4.78 is 1.73. The lowest BCUT2D eigenvalue weighted by atomic mass is 10.3. The van der Waals surface area contributed by atoms with Crippen LogP contribution in [0.3, 0.4) is 0 Å². The number of aliphatic hydroxyl groups is 1. The largest absolute Gasteiger partial charge is 0.388 e. The molecule has 0 aromatic carbocycles. The molecule has 76 valence electrons. The number of aromatic amines is 1. The van der Waals surface area contributed by atoms with Gasteiger partial charge < -0.3 is 5.11 Å². The van der Waals surface area contributed by atoms with Crippen molar-refractivity contribution in [3.8, 4) is 0 Å². The lowest BCUT2D eigenvalue weighted by Crippen LogP contribution is -2.23. The third-order valence-corrected chi connectivity index (χ3v) is 2.24. The molecular weight excluding hydrogens is 208 g/mol. The smallest absolute Gasteiger partial charge is 0.269 e. The van der Waals surface area contributed by atoms with Gasteiger partial charge in [0, 0.05) is 0 Å². The summed E-state index contributed by atoms with van der Waals surface area (Å²) in [6, 6.07) is -0.552. The van der Waals surface area contributed by atoms with Crippen molar-refractivity contribution in [2.24, 2.45) is 0 Å². The first-order valence-electron chi connectivity index (χ1n) is 3.92. The van der Waals surface area contributed by atoms with Crippen LogP contribution in [0.1, 0.15) is 11.9 Å². The second-order valence-corrected chi connectivity index (χ2v) is 3.15. The first kappa shape index (κ1) is 9.31. The van der Waals surface area contributed by atoms with Gasteiger partial charge in [0.1, 0.15) is 19.3 Å². The van der Waals surface area contributed by atoms with Gasteiger partial charge in [0.25, 0.3) is 5.91 Å². The fourth-order valence-electron chi connectivity index (χ4n) is 1.30. The second kappa shape index (κ2) is 3.48. The minimum Gasteiger partial charge on any atom is -0.388 e. The van der Waals surface area contributed by atoms with E-state index in [9.17, 15) is 4.79 Å². The van der Waals surface area contributed by atoms with E-state index in [1.807, 2.05) is 0 Å². The maximum Gasteiger partial charge on any atom is 0.269 e. The van der Waals surface area contributed by atoms with Crippen LogP contribution >= 0.6 is 12.2 Å². The quantitative estimate of drug-likeness (QED) is 0.553. The lowest BCUT2D eigenvalue weighted by Gasteiger charge is -2.07. The number of H-pyrrole nitrogens is 1. The SMILES string of the molecule is O=C1NOCC1n1c(CO)n[nH]c1=S. The Kier molecular flexibility index (Phi) is 2.32. The van der Waals surface area contributed by atoms with Crippen molar-refractivity contribution in [3.05, 3.63) is 10.6 Å². The molecule has 0 aliphatic carbocycles. The Morgan fingerprint density at radius 2 is 2.57 bits per heavy atom. The van der Waals surface area contributed by atoms with Crippen molar-refractivity contribution < 1.29 is 14.7 Å². The Hall–Kier alpha value is -1.25. The standard InChI is InChI=1S/C6H8N4O3S/c11-1-4-7-8-6(14)10(4)3-2-13-9-5(3)12/h3,11H,1-2H2,(H,8,14)(H,9,12). The predicted octanol–water partition coefficient (Wildman–Crippen LogP) is -0.965. The van der Waals surface area contributed by atoms with Gasteiger partial charge in [-0.25, -0.2) is 5.48 Å². The van der Waals surface area contributed by atoms with E-state index in [0.29, 0.717) is 10.6 Å². The minimum absolute atomic E-state index is 0.180. The fourth-order valence-corrected chi connectivity index (χ4v) is 1.58. The average molecular weight is 216 g/mol. The molecule has 2 rings (SSSR count). The number of amides is 1. The van der Waals surface area contributed by atoms with Crippen LogP contribution in [0, 0.1) is 4.77 Å². The van der Waals surface area contributed by atoms with Crippen LogP contribution in [0.2, 0.25) is 0 Å². The van der Waals surface area contributed by atoms with Crippen LogP contribution in [0.25, 0.3) is 0 Å². The molecule has 0 spiro atoms. The fraction of sp³-hybridized carbons (Fsp3) is 0.500. The van der Waals surface area contributed by atoms with Gasteiger partial charge in [0.15, 0.2) is 10.6 Å². The maximum atomic E-state index is 11.3. The summed E-state index contributed by atoms with van der Waals surface area (Å²) in [6.07, 6.45) is 0. The minimum atomic E-state index is -0.552. The molecule has 1 unspecified atom stereocenters. The van der Waals surface area contributed by atoms with E-state index in [1.165, 1.54) is 4.57 Å². The van der Waals surface area contributed by atoms with E-state index in [4.69, 9.17) is 22.2 Å². The number of carbonyl (C=O) groups excluding carboxylic acids is 1. The molecule has 0 bridgehead atoms. The maximum absolute atomic E-state index is 11.3. The Balaban J connectivity index is 2.43. The Morgan fingerprint density at radius 3 is 3.14 bits per heavy atom. The van der Waals surface area contributed by atoms with E-state index >= 15 is 0 Å². The summed E-state index contributed by atoms with van der Waals surface area (Å²) >= 11 is 4.93. The van der Waals surface area contributed by atoms with E-state index in [2.05, 4.69) is 15.7 Å². The molecule has 1 amide bonds. The number of aliphatic hydroxyl groups excluding tert-OH is 1. The second-order valence-electron chi connectivity index (χ2n) is 2.77. The van der Waals surface area contributed by atoms with Gasteiger partial charge in [0.2, 0.25) is 0 Å². The van der Waals surface area contributed by atoms with Crippen LogP contribution in [0.5, 0.6) is 0 Å². The van der Waals surface area contributed by atoms with Gasteiger partial charge in [-0.15, -0.1) is 0 Å². The van der Waals surface area contributed by atoms with Crippen LogP contribution < -0.4 is 5.48 Å². The molecule has 2 heterocycles. The number of carbonyl (C=O) groups is 1. The summed E-state index contributed by atoms with van der Waals surface area (Å²) in [5.41, 5.74) is 2.21. The first-order chi connectivity index (χ1) is 6.74. The monoisotopic (exact) mass is 216 g/mol. The van der Waals surface area contributed by atoms with Gasteiger partial charge in [0.05, 0.1) is 0 Å². The van der Waals surface area contributed by atoms with Gasteiger partial charge in [-0.1, -0.05) is 0 Å². The van der Waals surface area contributed by atoms with Crippen molar-refractivity contribution in [1.29, 1.82) is 0 Å². The molecule has 1 atom stereocenters. The highest BCUT2D eigenvalue weighted by molar-refractivity contribution is 7.71. The molecular formula is C6H8N4O3S. The molecule has 1 aromatic heterocycles. The van der Waals surface area contributed by atoms with E-state index < -0.39 is 6.04 Å². The number of nitrogens with zero attached hydrogens (tertiary/aromatic N) is 2. The number of aromatic nitrogens is 3. The molecule has 3 N–H and O–H groups in total. The Labute approximate surface area is 83.6 Å². The van der Waals surface area contributed by atoms with Crippen molar-refractivity contribution in [2.75, 3.05) is 6.61 Å². The third kappa shape index (κ3) is 1.33. The predicted molar refractivity (Wildman–Crippen MR) is 46.5 cm³/mol. The number of hydroxylamine groups is 1. The molecule has 1 aromatic rings. The van der Waals surface area contributed by atoms with Gasteiger partial charge >= 0.3 is 0 Å². The molecule has 0 radical (unpaired) electrons. The first-order valence-corrected chi connectivity index (χ1v) is 4.33. The van der Waals surface area contributed by atoms with Crippen molar-refractivity contribution in [1.82, 2.24) is 20.2 Å². The summed E-state index contributed by atoms with van der Waals surface area (Å²) in [4.78, 5) is 16.0. The summed E-state index contributed by atoms with van der Waals surface area (Å²) in [5, 5.41) is 15.2. The van der Waals surface area contributed by atoms with Crippen molar-refractivity contribution >= 4 is 18.1 Å². The zero-order chi connectivity index (χ0) is 10.1. The van der Waals surface area contributed by atoms with Crippen molar-refractivity contribution in [3.63, 3.8) is 0 Å². The molecule has 1 aliphatic rings. The highest BCUT2D eigenvalue weighted by Crippen LogP contribution is 2.14. The van der Waals surface area contributed by atoms with E-state index in [0.717, 1.165) is 0 Å². The van der Waals surface area contributed by atoms with Crippen LogP contribution in [-0.4, -0.2) is 32.4 Å². The Bertz CT molecular complexity index is 411. The zero-order valence-corrected chi connectivity index (χ0v) is 7.87. The Morgan fingerprint density at radius 1 is 1.79 bits per heavy atom. The van der Waals surface area contributed by atoms with E-state index in [1.54, 1.807) is 0 Å². The highest BCUT2D eigenvalue weighted by atomic mass is 32.1. The number of hydrogen-bond donors (Lipinski definition) is 3. The lowest BCUT2D eigenvalue weighted by molar-refractivity contribution is -0.125. The summed E-state index contributed by atoms with van der Waals surface area (Å²) in [7, 11) is 0. The summed E-state index contributed by atoms with van der Waals surface area (Å²) in [5.74, 6) is 0.0258. The number of nitrogens with one attached hydrogen (secondary N) is 2. The summed E-state index contributed by atoms with van der Waals surface area (Å²) in [6.45, 7) is -0.101. The topological polar surface area (TPSA) is 92.2 Å². The number of rotatable bonds is 2. The molecule has 8 heteroatoms. The highest BCUT2D eigenvalue weighted by Gasteiger charge is 2.29. The van der Waals surface area contributed by atoms with Gasteiger partial charge in [-0.05, 0) is 12.2 Å². The number of hydrogen-bond acceptors (Lipinski definition) is 5. The molecule has 1 saturated heterocycles. The molecule has 0 saturated carbocycles.